The van der Waals surface area contributed by atoms with Gasteiger partial charge in [-0.3, -0.25) is 0 Å². The molecule has 0 amide bonds. The summed E-state index contributed by atoms with van der Waals surface area (Å²) in [5.41, 5.74) is 0.00306. The zero-order valence-corrected chi connectivity index (χ0v) is 12.5. The van der Waals surface area contributed by atoms with Crippen molar-refractivity contribution in [2.45, 2.75) is 30.5 Å². The molecule has 0 aromatic rings. The van der Waals surface area contributed by atoms with Gasteiger partial charge >= 0.3 is 0 Å². The zero-order valence-electron chi connectivity index (χ0n) is 7.29. The molecule has 74 valence electrons. The molecule has 0 radical (unpaired) electrons. The Balaban J connectivity index is 4.07. The summed E-state index contributed by atoms with van der Waals surface area (Å²) in [6.07, 6.45) is 1.09. The molecule has 0 aliphatic carbocycles. The van der Waals surface area contributed by atoms with E-state index in [1.54, 1.807) is 0 Å². The highest BCUT2D eigenvalue weighted by atomic mass is 127. The largest absolute Gasteiger partial charge is 0.126 e. The molecule has 0 saturated heterocycles. The first-order chi connectivity index (χ1) is 5.45. The first-order valence-electron chi connectivity index (χ1n) is 3.85. The fourth-order valence-corrected chi connectivity index (χ4v) is 3.73. The topological polar surface area (TPSA) is 0 Å². The van der Waals surface area contributed by atoms with Crippen LogP contribution in [0.2, 0.25) is 0 Å². The molecule has 0 aliphatic rings. The van der Waals surface area contributed by atoms with Crippen LogP contribution in [0.3, 0.4) is 0 Å². The molecule has 12 heavy (non-hydrogen) atoms. The van der Waals surface area contributed by atoms with Crippen LogP contribution < -0.4 is 0 Å². The maximum Gasteiger partial charge on any atom is 0.0523 e. The van der Waals surface area contributed by atoms with E-state index in [0.29, 0.717) is 10.7 Å². The normalized spacial score (nSPS) is 17.5. The SMILES string of the molecule is CC(C)(CCl)C(Cl)C(Br)CCI. The van der Waals surface area contributed by atoms with E-state index >= 15 is 0 Å². The Labute approximate surface area is 107 Å². The molecule has 0 saturated carbocycles. The first-order valence-corrected chi connectivity index (χ1v) is 7.27. The van der Waals surface area contributed by atoms with Crippen LogP contribution in [0.5, 0.6) is 0 Å². The van der Waals surface area contributed by atoms with Crippen LogP contribution in [0.4, 0.5) is 0 Å². The van der Waals surface area contributed by atoms with Crippen LogP contribution in [0.25, 0.3) is 0 Å². The number of alkyl halides is 4. The van der Waals surface area contributed by atoms with Gasteiger partial charge in [0.15, 0.2) is 0 Å². The predicted molar refractivity (Wildman–Crippen MR) is 70.4 cm³/mol. The average Bonchev–Trinajstić information content (AvgIpc) is 2.03. The van der Waals surface area contributed by atoms with Gasteiger partial charge in [-0.05, 0) is 11.8 Å². The maximum absolute atomic E-state index is 6.27. The number of hydrogen-bond acceptors (Lipinski definition) is 0. The van der Waals surface area contributed by atoms with E-state index < -0.39 is 0 Å². The molecule has 4 heteroatoms. The summed E-state index contributed by atoms with van der Waals surface area (Å²) >= 11 is 18.0. The molecule has 0 nitrogen and oxygen atoms in total. The fourth-order valence-electron chi connectivity index (χ4n) is 0.814. The minimum atomic E-state index is 0.00306. The Morgan fingerprint density at radius 3 is 2.33 bits per heavy atom. The highest BCUT2D eigenvalue weighted by Gasteiger charge is 2.31. The summed E-state index contributed by atoms with van der Waals surface area (Å²) in [6.45, 7) is 4.19. The second kappa shape index (κ2) is 6.31. The molecule has 0 rings (SSSR count). The van der Waals surface area contributed by atoms with Gasteiger partial charge in [0.05, 0.1) is 5.38 Å². The number of hydrogen-bond donors (Lipinski definition) is 0. The Bertz CT molecular complexity index is 130. The van der Waals surface area contributed by atoms with Crippen LogP contribution in [0.1, 0.15) is 20.3 Å². The van der Waals surface area contributed by atoms with Crippen molar-refractivity contribution in [1.29, 1.82) is 0 Å². The Hall–Kier alpha value is 1.79. The van der Waals surface area contributed by atoms with Crippen molar-refractivity contribution in [3.05, 3.63) is 0 Å². The standard InChI is InChI=1S/C8H14BrCl2I/c1-8(2,5-10)7(11)6(9)3-4-12/h6-7H,3-5H2,1-2H3. The van der Waals surface area contributed by atoms with Gasteiger partial charge in [0.2, 0.25) is 0 Å². The van der Waals surface area contributed by atoms with Gasteiger partial charge in [-0.15, -0.1) is 23.2 Å². The molecule has 2 unspecified atom stereocenters. The average molecular weight is 388 g/mol. The third-order valence-corrected chi connectivity index (χ3v) is 5.29. The molecule has 0 aromatic carbocycles. The van der Waals surface area contributed by atoms with Gasteiger partial charge in [0.25, 0.3) is 0 Å². The van der Waals surface area contributed by atoms with Gasteiger partial charge in [-0.2, -0.15) is 0 Å². The molecule has 0 spiro atoms. The lowest BCUT2D eigenvalue weighted by molar-refractivity contribution is 0.387. The molecule has 0 fully saturated rings. The van der Waals surface area contributed by atoms with Gasteiger partial charge < -0.3 is 0 Å². The lowest BCUT2D eigenvalue weighted by Gasteiger charge is -2.30. The summed E-state index contributed by atoms with van der Waals surface area (Å²) in [5, 5.41) is 0.102. The summed E-state index contributed by atoms with van der Waals surface area (Å²) < 4.78 is 1.12. The van der Waals surface area contributed by atoms with E-state index in [-0.39, 0.29) is 10.8 Å². The third-order valence-electron chi connectivity index (χ3n) is 1.79. The second-order valence-electron chi connectivity index (χ2n) is 3.52. The van der Waals surface area contributed by atoms with Gasteiger partial charge in [-0.1, -0.05) is 52.4 Å². The predicted octanol–water partition coefficient (Wildman–Crippen LogP) is 4.45. The van der Waals surface area contributed by atoms with Crippen molar-refractivity contribution in [2.75, 3.05) is 10.3 Å². The van der Waals surface area contributed by atoms with Crippen molar-refractivity contribution in [3.8, 4) is 0 Å². The van der Waals surface area contributed by atoms with Crippen LogP contribution in [0.15, 0.2) is 0 Å². The Kier molecular flexibility index (Phi) is 7.25. The van der Waals surface area contributed by atoms with E-state index in [9.17, 15) is 0 Å². The van der Waals surface area contributed by atoms with Crippen LogP contribution >= 0.6 is 61.7 Å². The highest BCUT2D eigenvalue weighted by Crippen LogP contribution is 2.33. The summed E-state index contributed by atoms with van der Waals surface area (Å²) in [4.78, 5) is 0.366. The molecule has 0 heterocycles. The van der Waals surface area contributed by atoms with Crippen molar-refractivity contribution in [3.63, 3.8) is 0 Å². The molecule has 0 aromatic heterocycles. The number of rotatable bonds is 5. The number of halogens is 4. The van der Waals surface area contributed by atoms with E-state index in [1.807, 2.05) is 0 Å². The minimum Gasteiger partial charge on any atom is -0.126 e. The maximum atomic E-state index is 6.27. The van der Waals surface area contributed by atoms with E-state index in [1.165, 1.54) is 0 Å². The summed E-state index contributed by atoms with van der Waals surface area (Å²) in [6, 6.07) is 0. The molecular formula is C8H14BrCl2I. The van der Waals surface area contributed by atoms with E-state index in [4.69, 9.17) is 23.2 Å². The molecule has 2 atom stereocenters. The summed E-state index contributed by atoms with van der Waals surface area (Å²) in [7, 11) is 0. The fraction of sp³-hybridized carbons (Fsp3) is 1.00. The van der Waals surface area contributed by atoms with Crippen LogP contribution in [-0.4, -0.2) is 20.5 Å². The lowest BCUT2D eigenvalue weighted by atomic mass is 9.89. The van der Waals surface area contributed by atoms with Crippen molar-refractivity contribution < 1.29 is 0 Å². The van der Waals surface area contributed by atoms with Crippen molar-refractivity contribution in [2.24, 2.45) is 5.41 Å². The van der Waals surface area contributed by atoms with Crippen molar-refractivity contribution in [1.82, 2.24) is 0 Å². The smallest absolute Gasteiger partial charge is 0.0523 e. The quantitative estimate of drug-likeness (QED) is 0.483. The minimum absolute atomic E-state index is 0.00306. The first kappa shape index (κ1) is 13.8. The van der Waals surface area contributed by atoms with Gasteiger partial charge in [0.1, 0.15) is 0 Å². The van der Waals surface area contributed by atoms with Crippen LogP contribution in [0, 0.1) is 5.41 Å². The summed E-state index contributed by atoms with van der Waals surface area (Å²) in [5.74, 6) is 0.602. The Morgan fingerprint density at radius 1 is 1.50 bits per heavy atom. The van der Waals surface area contributed by atoms with E-state index in [2.05, 4.69) is 52.4 Å². The third kappa shape index (κ3) is 4.34. The second-order valence-corrected chi connectivity index (χ2v) is 6.51. The van der Waals surface area contributed by atoms with Crippen LogP contribution in [-0.2, 0) is 0 Å². The van der Waals surface area contributed by atoms with Gasteiger partial charge in [0, 0.05) is 15.1 Å². The molecule has 0 aliphatic heterocycles. The lowest BCUT2D eigenvalue weighted by Crippen LogP contribution is -2.33. The monoisotopic (exact) mass is 386 g/mol. The molecule has 0 N–H and O–H groups in total. The molecule has 0 bridgehead atoms. The molecular weight excluding hydrogens is 374 g/mol. The van der Waals surface area contributed by atoms with Gasteiger partial charge in [-0.25, -0.2) is 0 Å². The van der Waals surface area contributed by atoms with Crippen molar-refractivity contribution >= 4 is 61.7 Å². The highest BCUT2D eigenvalue weighted by molar-refractivity contribution is 14.1. The van der Waals surface area contributed by atoms with E-state index in [0.717, 1.165) is 10.8 Å². The zero-order chi connectivity index (χ0) is 9.78. The Morgan fingerprint density at radius 2 is 2.00 bits per heavy atom.